The molecule has 1 rings (SSSR count). The van der Waals surface area contributed by atoms with Crippen LogP contribution in [0.1, 0.15) is 5.56 Å². The van der Waals surface area contributed by atoms with Gasteiger partial charge in [-0.05, 0) is 0 Å². The number of halogens is 3. The van der Waals surface area contributed by atoms with Crippen molar-refractivity contribution in [1.29, 1.82) is 0 Å². The molecule has 1 aromatic rings. The van der Waals surface area contributed by atoms with E-state index in [1.165, 1.54) is 12.1 Å². The molecule has 0 aliphatic heterocycles. The van der Waals surface area contributed by atoms with Gasteiger partial charge >= 0.3 is 0 Å². The fourth-order valence-electron chi connectivity index (χ4n) is 0.773. The van der Waals surface area contributed by atoms with Crippen LogP contribution in [-0.4, -0.2) is 8.42 Å². The van der Waals surface area contributed by atoms with Gasteiger partial charge in [-0.25, -0.2) is 8.42 Å². The number of benzene rings is 1. The minimum atomic E-state index is -4.05. The Morgan fingerprint density at radius 1 is 1.08 bits per heavy atom. The van der Waals surface area contributed by atoms with Crippen LogP contribution in [0.4, 0.5) is 0 Å². The second-order valence-corrected chi connectivity index (χ2v) is 6.80. The lowest BCUT2D eigenvalue weighted by molar-refractivity contribution is 0.604. The van der Waals surface area contributed by atoms with E-state index < -0.39 is 12.7 Å². The molecule has 0 unspecified atom stereocenters. The molecule has 0 heterocycles. The molecular weight excluding hydrogens is 255 g/mol. The molecule has 6 heteroatoms. The van der Waals surface area contributed by atoms with Gasteiger partial charge in [-0.1, -0.05) is 53.5 Å². The average Bonchev–Trinajstić information content (AvgIpc) is 2.04. The molecule has 0 atom stereocenters. The molecule has 0 spiro atoms. The Kier molecular flexibility index (Phi) is 3.12. The predicted octanol–water partition coefficient (Wildman–Crippen LogP) is 2.84. The van der Waals surface area contributed by atoms with Crippen LogP contribution < -0.4 is 0 Å². The second kappa shape index (κ2) is 3.65. The summed E-state index contributed by atoms with van der Waals surface area (Å²) in [5, 5.41) is 0. The van der Waals surface area contributed by atoms with Gasteiger partial charge in [-0.3, -0.25) is 0 Å². The fourth-order valence-corrected chi connectivity index (χ4v) is 1.71. The maximum atomic E-state index is 11.0. The quantitative estimate of drug-likeness (QED) is 0.604. The molecule has 0 aromatic heterocycles. The van der Waals surface area contributed by atoms with E-state index >= 15 is 0 Å². The summed E-state index contributed by atoms with van der Waals surface area (Å²) in [6.07, 6.45) is 0. The first-order valence-electron chi connectivity index (χ1n) is 3.23. The first-order chi connectivity index (χ1) is 5.86. The molecule has 72 valence electrons. The largest absolute Gasteiger partial charge is 0.270 e. The molecule has 0 aliphatic carbocycles. The van der Waals surface area contributed by atoms with Gasteiger partial charge in [0.25, 0.3) is 12.7 Å². The maximum Gasteiger partial charge on any atom is 0.270 e. The van der Waals surface area contributed by atoms with Crippen LogP contribution in [0.25, 0.3) is 0 Å². The van der Waals surface area contributed by atoms with Crippen LogP contribution in [0.15, 0.2) is 30.3 Å². The average molecular weight is 260 g/mol. The third kappa shape index (κ3) is 2.29. The third-order valence-corrected chi connectivity index (χ3v) is 5.09. The van der Waals surface area contributed by atoms with Crippen molar-refractivity contribution in [3.05, 3.63) is 35.9 Å². The first kappa shape index (κ1) is 11.1. The van der Waals surface area contributed by atoms with E-state index in [0.29, 0.717) is 0 Å². The Hall–Kier alpha value is 0.0400. The first-order valence-corrected chi connectivity index (χ1v) is 6.30. The third-order valence-electron chi connectivity index (χ3n) is 1.42. The zero-order valence-corrected chi connectivity index (χ0v) is 9.33. The summed E-state index contributed by atoms with van der Waals surface area (Å²) in [6.45, 7) is 0. The summed E-state index contributed by atoms with van der Waals surface area (Å²) in [5.74, 6) is 0. The minimum absolute atomic E-state index is 0.230. The molecule has 0 saturated carbocycles. The SMILES string of the molecule is O=S(=O)(Cl)C(Cl)(Cl)c1ccccc1. The smallest absolute Gasteiger partial charge is 0.209 e. The van der Waals surface area contributed by atoms with Crippen molar-refractivity contribution in [2.45, 2.75) is 3.67 Å². The van der Waals surface area contributed by atoms with Gasteiger partial charge in [0.2, 0.25) is 0 Å². The van der Waals surface area contributed by atoms with Crippen LogP contribution in [-0.2, 0) is 12.7 Å². The number of rotatable bonds is 2. The minimum Gasteiger partial charge on any atom is -0.209 e. The lowest BCUT2D eigenvalue weighted by Gasteiger charge is -2.15. The summed E-state index contributed by atoms with van der Waals surface area (Å²) < 4.78 is 19.8. The summed E-state index contributed by atoms with van der Waals surface area (Å²) >= 11 is 11.2. The normalized spacial score (nSPS) is 12.8. The summed E-state index contributed by atoms with van der Waals surface area (Å²) in [7, 11) is 1.02. The Bertz CT molecular complexity index is 385. The molecule has 0 amide bonds. The number of hydrogen-bond donors (Lipinski definition) is 0. The zero-order valence-electron chi connectivity index (χ0n) is 6.25. The van der Waals surface area contributed by atoms with Crippen molar-refractivity contribution >= 4 is 42.9 Å². The molecule has 1 aromatic carbocycles. The van der Waals surface area contributed by atoms with E-state index in [0.717, 1.165) is 0 Å². The van der Waals surface area contributed by atoms with E-state index in [4.69, 9.17) is 33.9 Å². The van der Waals surface area contributed by atoms with E-state index in [1.54, 1.807) is 18.2 Å². The number of hydrogen-bond acceptors (Lipinski definition) is 2. The molecule has 0 N–H and O–H groups in total. The number of alkyl halides is 2. The van der Waals surface area contributed by atoms with E-state index in [-0.39, 0.29) is 5.56 Å². The summed E-state index contributed by atoms with van der Waals surface area (Å²) in [5.41, 5.74) is 0.230. The maximum absolute atomic E-state index is 11.0. The van der Waals surface area contributed by atoms with Gasteiger partial charge in [0.05, 0.1) is 0 Å². The molecule has 0 saturated heterocycles. The van der Waals surface area contributed by atoms with Gasteiger partial charge in [-0.15, -0.1) is 0 Å². The zero-order chi connectivity index (χ0) is 10.1. The predicted molar refractivity (Wildman–Crippen MR) is 54.6 cm³/mol. The van der Waals surface area contributed by atoms with Crippen molar-refractivity contribution < 1.29 is 8.42 Å². The highest BCUT2D eigenvalue weighted by atomic mass is 35.7. The van der Waals surface area contributed by atoms with Gasteiger partial charge < -0.3 is 0 Å². The van der Waals surface area contributed by atoms with Gasteiger partial charge in [0.1, 0.15) is 0 Å². The van der Waals surface area contributed by atoms with Crippen LogP contribution >= 0.6 is 33.9 Å². The monoisotopic (exact) mass is 258 g/mol. The lowest BCUT2D eigenvalue weighted by atomic mass is 10.2. The lowest BCUT2D eigenvalue weighted by Crippen LogP contribution is -2.18. The Balaban J connectivity index is 3.24. The summed E-state index contributed by atoms with van der Waals surface area (Å²) in [4.78, 5) is 0. The van der Waals surface area contributed by atoms with Crippen molar-refractivity contribution in [2.75, 3.05) is 0 Å². The van der Waals surface area contributed by atoms with Gasteiger partial charge in [-0.2, -0.15) is 0 Å². The van der Waals surface area contributed by atoms with Crippen molar-refractivity contribution in [2.24, 2.45) is 0 Å². The Labute approximate surface area is 90.8 Å². The van der Waals surface area contributed by atoms with Gasteiger partial charge in [0, 0.05) is 16.2 Å². The van der Waals surface area contributed by atoms with Crippen molar-refractivity contribution in [1.82, 2.24) is 0 Å². The molecule has 0 fully saturated rings. The molecular formula is C7H5Cl3O2S. The fraction of sp³-hybridized carbons (Fsp3) is 0.143. The molecule has 0 aliphatic rings. The molecule has 0 radical (unpaired) electrons. The topological polar surface area (TPSA) is 34.1 Å². The van der Waals surface area contributed by atoms with Crippen molar-refractivity contribution in [3.8, 4) is 0 Å². The van der Waals surface area contributed by atoms with Gasteiger partial charge in [0.15, 0.2) is 0 Å². The highest BCUT2D eigenvalue weighted by Gasteiger charge is 2.40. The highest BCUT2D eigenvalue weighted by molar-refractivity contribution is 8.16. The van der Waals surface area contributed by atoms with Crippen LogP contribution in [0.5, 0.6) is 0 Å². The van der Waals surface area contributed by atoms with E-state index in [1.807, 2.05) is 0 Å². The van der Waals surface area contributed by atoms with Crippen LogP contribution in [0.2, 0.25) is 0 Å². The van der Waals surface area contributed by atoms with Crippen LogP contribution in [0, 0.1) is 0 Å². The Morgan fingerprint density at radius 3 is 1.92 bits per heavy atom. The Morgan fingerprint density at radius 2 is 1.54 bits per heavy atom. The van der Waals surface area contributed by atoms with Crippen molar-refractivity contribution in [3.63, 3.8) is 0 Å². The molecule has 13 heavy (non-hydrogen) atoms. The summed E-state index contributed by atoms with van der Waals surface area (Å²) in [6, 6.07) is 7.93. The van der Waals surface area contributed by atoms with Crippen LogP contribution in [0.3, 0.4) is 0 Å². The standard InChI is InChI=1S/C7H5Cl3O2S/c8-7(9,13(10,11)12)6-4-2-1-3-5-6/h1-5H. The molecule has 0 bridgehead atoms. The second-order valence-electron chi connectivity index (χ2n) is 2.32. The highest BCUT2D eigenvalue weighted by Crippen LogP contribution is 2.41. The van der Waals surface area contributed by atoms with E-state index in [2.05, 4.69) is 0 Å². The molecule has 2 nitrogen and oxygen atoms in total. The van der Waals surface area contributed by atoms with E-state index in [9.17, 15) is 8.42 Å².